The molecule has 29 heavy (non-hydrogen) atoms. The van der Waals surface area contributed by atoms with Crippen molar-refractivity contribution in [1.29, 1.82) is 0 Å². The third-order valence-corrected chi connectivity index (χ3v) is 4.52. The molecule has 2 rings (SSSR count). The number of amides is 2. The van der Waals surface area contributed by atoms with E-state index in [4.69, 9.17) is 10.9 Å². The van der Waals surface area contributed by atoms with Crippen LogP contribution in [0.4, 0.5) is 5.69 Å². The molecule has 2 aromatic rings. The predicted molar refractivity (Wildman–Crippen MR) is 115 cm³/mol. The van der Waals surface area contributed by atoms with Gasteiger partial charge < -0.3 is 11.1 Å². The van der Waals surface area contributed by atoms with Crippen LogP contribution in [0, 0.1) is 23.7 Å². The van der Waals surface area contributed by atoms with E-state index in [1.165, 1.54) is 0 Å². The Morgan fingerprint density at radius 2 is 1.59 bits per heavy atom. The van der Waals surface area contributed by atoms with E-state index in [9.17, 15) is 9.59 Å². The predicted octanol–water partition coefficient (Wildman–Crippen LogP) is 2.03. The van der Waals surface area contributed by atoms with Gasteiger partial charge in [0.1, 0.15) is 6.04 Å². The van der Waals surface area contributed by atoms with Gasteiger partial charge in [-0.15, -0.1) is 0 Å². The molecule has 0 aromatic heterocycles. The summed E-state index contributed by atoms with van der Waals surface area (Å²) in [5, 5.41) is 11.4. The van der Waals surface area contributed by atoms with E-state index < -0.39 is 17.9 Å². The fourth-order valence-electron chi connectivity index (χ4n) is 2.30. The van der Waals surface area contributed by atoms with E-state index in [0.717, 1.165) is 5.56 Å². The van der Waals surface area contributed by atoms with Crippen LogP contribution in [-0.2, 0) is 4.79 Å². The molecule has 0 heterocycles. The maximum atomic E-state index is 12.3. The molecular weight excluding hydrogens is 386 g/mol. The van der Waals surface area contributed by atoms with Crippen LogP contribution >= 0.6 is 11.8 Å². The van der Waals surface area contributed by atoms with Crippen molar-refractivity contribution < 1.29 is 14.8 Å². The lowest BCUT2D eigenvalue weighted by atomic mass is 10.1. The molecule has 0 saturated carbocycles. The summed E-state index contributed by atoms with van der Waals surface area (Å²) in [4.78, 5) is 24.0. The number of nitrogen functional groups attached to an aromatic ring is 1. The van der Waals surface area contributed by atoms with Gasteiger partial charge in [-0.05, 0) is 78.8 Å². The van der Waals surface area contributed by atoms with Crippen LogP contribution in [0.5, 0.6) is 0 Å². The highest BCUT2D eigenvalue weighted by molar-refractivity contribution is 7.98. The highest BCUT2D eigenvalue weighted by Crippen LogP contribution is 2.07. The Bertz CT molecular complexity index is 965. The summed E-state index contributed by atoms with van der Waals surface area (Å²) in [6.07, 6.45) is 2.31. The first-order chi connectivity index (χ1) is 14.0. The van der Waals surface area contributed by atoms with E-state index in [1.54, 1.807) is 53.6 Å². The number of carbonyl (C=O) groups is 2. The molecule has 1 atom stereocenters. The number of hydrogen-bond acceptors (Lipinski definition) is 5. The SMILES string of the molecule is CSCCC(NC(=O)c1ccc(C#CC#Cc2ccc(N)cc2)cc1)C(=O)NO. The highest BCUT2D eigenvalue weighted by Gasteiger charge is 2.20. The van der Waals surface area contributed by atoms with Gasteiger partial charge in [-0.25, -0.2) is 5.48 Å². The number of nitrogens with one attached hydrogen (secondary N) is 2. The standard InChI is InChI=1S/C22H21N3O3S/c1-29-15-14-20(22(27)25-28)24-21(26)18-10-6-16(7-11-18)4-2-3-5-17-8-12-19(23)13-9-17/h6-13,20,28H,14-15,23H2,1H3,(H,24,26)(H,25,27). The lowest BCUT2D eigenvalue weighted by Gasteiger charge is -2.16. The lowest BCUT2D eigenvalue weighted by Crippen LogP contribution is -2.46. The topological polar surface area (TPSA) is 104 Å². The molecule has 0 aliphatic carbocycles. The molecule has 0 saturated heterocycles. The van der Waals surface area contributed by atoms with E-state index in [1.807, 2.05) is 18.4 Å². The number of nitrogens with two attached hydrogens (primary N) is 1. The van der Waals surface area contributed by atoms with Crippen molar-refractivity contribution in [2.45, 2.75) is 12.5 Å². The van der Waals surface area contributed by atoms with Gasteiger partial charge >= 0.3 is 0 Å². The molecular formula is C22H21N3O3S. The van der Waals surface area contributed by atoms with Gasteiger partial charge in [-0.1, -0.05) is 11.8 Å². The van der Waals surface area contributed by atoms with E-state index >= 15 is 0 Å². The molecule has 7 heteroatoms. The summed E-state index contributed by atoms with van der Waals surface area (Å²) in [5.41, 5.74) is 9.81. The molecule has 0 bridgehead atoms. The second-order valence-corrected chi connectivity index (χ2v) is 6.97. The first-order valence-electron chi connectivity index (χ1n) is 8.75. The van der Waals surface area contributed by atoms with Gasteiger partial charge in [0.2, 0.25) is 0 Å². The Balaban J connectivity index is 2.00. The van der Waals surface area contributed by atoms with E-state index in [-0.39, 0.29) is 0 Å². The van der Waals surface area contributed by atoms with Crippen LogP contribution in [0.3, 0.4) is 0 Å². The molecule has 0 fully saturated rings. The molecule has 0 aliphatic rings. The fraction of sp³-hybridized carbons (Fsp3) is 0.182. The number of rotatable bonds is 6. The van der Waals surface area contributed by atoms with Gasteiger partial charge in [0.25, 0.3) is 11.8 Å². The van der Waals surface area contributed by atoms with Crippen molar-refractivity contribution in [3.63, 3.8) is 0 Å². The summed E-state index contributed by atoms with van der Waals surface area (Å²) < 4.78 is 0. The molecule has 5 N–H and O–H groups in total. The minimum absolute atomic E-state index is 0.392. The number of hydroxylamine groups is 1. The Morgan fingerprint density at radius 3 is 2.10 bits per heavy atom. The van der Waals surface area contributed by atoms with Crippen LogP contribution in [0.15, 0.2) is 48.5 Å². The Labute approximate surface area is 174 Å². The Kier molecular flexibility index (Phi) is 8.65. The van der Waals surface area contributed by atoms with Gasteiger partial charge in [-0.3, -0.25) is 14.8 Å². The average Bonchev–Trinajstić information content (AvgIpc) is 2.75. The van der Waals surface area contributed by atoms with Crippen LogP contribution in [0.2, 0.25) is 0 Å². The molecule has 0 radical (unpaired) electrons. The number of carbonyl (C=O) groups excluding carboxylic acids is 2. The zero-order valence-corrected chi connectivity index (χ0v) is 16.7. The minimum atomic E-state index is -0.803. The summed E-state index contributed by atoms with van der Waals surface area (Å²) in [7, 11) is 0. The smallest absolute Gasteiger partial charge is 0.265 e. The highest BCUT2D eigenvalue weighted by atomic mass is 32.2. The number of thioether (sulfide) groups is 1. The van der Waals surface area contributed by atoms with Crippen LogP contribution in [0.25, 0.3) is 0 Å². The van der Waals surface area contributed by atoms with Crippen molar-refractivity contribution in [3.05, 3.63) is 65.2 Å². The summed E-state index contributed by atoms with van der Waals surface area (Å²) in [6, 6.07) is 13.0. The summed E-state index contributed by atoms with van der Waals surface area (Å²) in [5.74, 6) is 11.0. The van der Waals surface area contributed by atoms with Crippen LogP contribution in [-0.4, -0.2) is 35.1 Å². The molecule has 0 spiro atoms. The fourth-order valence-corrected chi connectivity index (χ4v) is 2.77. The van der Waals surface area contributed by atoms with Gasteiger partial charge in [-0.2, -0.15) is 11.8 Å². The van der Waals surface area contributed by atoms with Gasteiger partial charge in [0.15, 0.2) is 0 Å². The van der Waals surface area contributed by atoms with Gasteiger partial charge in [0.05, 0.1) is 0 Å². The minimum Gasteiger partial charge on any atom is -0.399 e. The molecule has 6 nitrogen and oxygen atoms in total. The van der Waals surface area contributed by atoms with Crippen molar-refractivity contribution in [2.75, 3.05) is 17.7 Å². The third-order valence-electron chi connectivity index (χ3n) is 3.88. The maximum Gasteiger partial charge on any atom is 0.265 e. The summed E-state index contributed by atoms with van der Waals surface area (Å²) in [6.45, 7) is 0. The Hall–Kier alpha value is -3.39. The van der Waals surface area contributed by atoms with Crippen molar-refractivity contribution in [1.82, 2.24) is 10.8 Å². The molecule has 2 aromatic carbocycles. The second kappa shape index (κ2) is 11.5. The monoisotopic (exact) mass is 407 g/mol. The maximum absolute atomic E-state index is 12.3. The number of hydrogen-bond donors (Lipinski definition) is 4. The molecule has 148 valence electrons. The second-order valence-electron chi connectivity index (χ2n) is 5.98. The zero-order chi connectivity index (χ0) is 21.1. The van der Waals surface area contributed by atoms with Gasteiger partial charge in [0, 0.05) is 22.4 Å². The van der Waals surface area contributed by atoms with Crippen molar-refractivity contribution >= 4 is 29.3 Å². The van der Waals surface area contributed by atoms with Crippen molar-refractivity contribution in [3.8, 4) is 23.7 Å². The first kappa shape index (κ1) is 21.9. The number of benzene rings is 2. The third kappa shape index (κ3) is 7.27. The quantitative estimate of drug-likeness (QED) is 0.254. The van der Waals surface area contributed by atoms with E-state index in [0.29, 0.717) is 29.0 Å². The molecule has 1 unspecified atom stereocenters. The van der Waals surface area contributed by atoms with Crippen molar-refractivity contribution in [2.24, 2.45) is 0 Å². The lowest BCUT2D eigenvalue weighted by molar-refractivity contribution is -0.131. The zero-order valence-electron chi connectivity index (χ0n) is 15.9. The average molecular weight is 407 g/mol. The summed E-state index contributed by atoms with van der Waals surface area (Å²) >= 11 is 1.55. The number of anilines is 1. The largest absolute Gasteiger partial charge is 0.399 e. The molecule has 2 amide bonds. The van der Waals surface area contributed by atoms with E-state index in [2.05, 4.69) is 29.0 Å². The molecule has 0 aliphatic heterocycles. The van der Waals surface area contributed by atoms with Crippen LogP contribution in [0.1, 0.15) is 27.9 Å². The normalized spacial score (nSPS) is 10.6. The Morgan fingerprint density at radius 1 is 1.03 bits per heavy atom. The van der Waals surface area contributed by atoms with Crippen LogP contribution < -0.4 is 16.5 Å². The first-order valence-corrected chi connectivity index (χ1v) is 10.1.